The number of benzene rings is 2. The van der Waals surface area contributed by atoms with Crippen LogP contribution in [0.15, 0.2) is 46.9 Å². The predicted molar refractivity (Wildman–Crippen MR) is 85.2 cm³/mol. The highest BCUT2D eigenvalue weighted by Gasteiger charge is 2.16. The number of aliphatic hydroxyl groups excluding tert-OH is 1. The van der Waals surface area contributed by atoms with Gasteiger partial charge < -0.3 is 9.84 Å². The van der Waals surface area contributed by atoms with Crippen LogP contribution in [-0.4, -0.2) is 11.7 Å². The lowest BCUT2D eigenvalue weighted by atomic mass is 9.99. The Morgan fingerprint density at radius 3 is 2.65 bits per heavy atom. The Labute approximate surface area is 128 Å². The van der Waals surface area contributed by atoms with Gasteiger partial charge in [-0.05, 0) is 42.7 Å². The van der Waals surface area contributed by atoms with Gasteiger partial charge in [-0.1, -0.05) is 47.1 Å². The van der Waals surface area contributed by atoms with Crippen LogP contribution in [0.1, 0.15) is 36.1 Å². The molecule has 0 heterocycles. The van der Waals surface area contributed by atoms with Crippen molar-refractivity contribution in [2.75, 3.05) is 6.61 Å². The third-order valence-corrected chi connectivity index (χ3v) is 3.51. The molecular formula is C17H19BrO2. The summed E-state index contributed by atoms with van der Waals surface area (Å²) in [4.78, 5) is 0. The van der Waals surface area contributed by atoms with Gasteiger partial charge in [0.05, 0.1) is 6.61 Å². The molecule has 0 aliphatic carbocycles. The molecule has 0 radical (unpaired) electrons. The van der Waals surface area contributed by atoms with Crippen molar-refractivity contribution in [1.82, 2.24) is 0 Å². The van der Waals surface area contributed by atoms with Gasteiger partial charge in [0.1, 0.15) is 11.9 Å². The molecule has 0 amide bonds. The summed E-state index contributed by atoms with van der Waals surface area (Å²) in [6.45, 7) is 4.73. The van der Waals surface area contributed by atoms with E-state index in [1.54, 1.807) is 0 Å². The van der Waals surface area contributed by atoms with Crippen LogP contribution in [0, 0.1) is 6.92 Å². The van der Waals surface area contributed by atoms with Crippen molar-refractivity contribution >= 4 is 15.9 Å². The summed E-state index contributed by atoms with van der Waals surface area (Å²) in [7, 11) is 0. The number of aliphatic hydroxyl groups is 1. The number of hydrogen-bond donors (Lipinski definition) is 1. The summed E-state index contributed by atoms with van der Waals surface area (Å²) in [5.74, 6) is 0.750. The molecule has 3 heteroatoms. The van der Waals surface area contributed by atoms with E-state index in [0.29, 0.717) is 6.61 Å². The molecule has 0 bridgehead atoms. The Morgan fingerprint density at radius 1 is 1.20 bits per heavy atom. The lowest BCUT2D eigenvalue weighted by molar-refractivity contribution is 0.210. The molecule has 2 aromatic rings. The zero-order chi connectivity index (χ0) is 14.5. The van der Waals surface area contributed by atoms with Gasteiger partial charge in [-0.2, -0.15) is 0 Å². The number of hydrogen-bond acceptors (Lipinski definition) is 2. The summed E-state index contributed by atoms with van der Waals surface area (Å²) >= 11 is 3.47. The second-order valence-corrected chi connectivity index (χ2v) is 5.77. The van der Waals surface area contributed by atoms with Gasteiger partial charge in [-0.15, -0.1) is 0 Å². The fraction of sp³-hybridized carbons (Fsp3) is 0.294. The van der Waals surface area contributed by atoms with E-state index < -0.39 is 6.10 Å². The van der Waals surface area contributed by atoms with Gasteiger partial charge >= 0.3 is 0 Å². The highest BCUT2D eigenvalue weighted by atomic mass is 79.9. The lowest BCUT2D eigenvalue weighted by Gasteiger charge is -2.17. The van der Waals surface area contributed by atoms with Crippen LogP contribution >= 0.6 is 15.9 Å². The van der Waals surface area contributed by atoms with Crippen molar-refractivity contribution < 1.29 is 9.84 Å². The van der Waals surface area contributed by atoms with Crippen LogP contribution in [0.4, 0.5) is 0 Å². The van der Waals surface area contributed by atoms with Gasteiger partial charge in [0.25, 0.3) is 0 Å². The van der Waals surface area contributed by atoms with Crippen molar-refractivity contribution in [2.24, 2.45) is 0 Å². The molecule has 20 heavy (non-hydrogen) atoms. The average Bonchev–Trinajstić information content (AvgIpc) is 2.43. The molecule has 2 aromatic carbocycles. The number of rotatable bonds is 5. The van der Waals surface area contributed by atoms with E-state index in [9.17, 15) is 5.11 Å². The highest BCUT2D eigenvalue weighted by molar-refractivity contribution is 9.10. The van der Waals surface area contributed by atoms with Gasteiger partial charge in [0.2, 0.25) is 0 Å². The number of halogens is 1. The standard InChI is InChI=1S/C17H19BrO2/c1-3-8-20-16-7-5-4-6-15(16)17(19)13-9-12(2)10-14(18)11-13/h4-7,9-11,17,19H,3,8H2,1-2H3. The Kier molecular flexibility index (Phi) is 5.21. The van der Waals surface area contributed by atoms with E-state index in [0.717, 1.165) is 33.3 Å². The first kappa shape index (κ1) is 15.1. The monoisotopic (exact) mass is 334 g/mol. The molecular weight excluding hydrogens is 316 g/mol. The summed E-state index contributed by atoms with van der Waals surface area (Å²) in [5.41, 5.74) is 2.78. The topological polar surface area (TPSA) is 29.5 Å². The minimum Gasteiger partial charge on any atom is -0.493 e. The number of ether oxygens (including phenoxy) is 1. The molecule has 0 saturated heterocycles. The van der Waals surface area contributed by atoms with E-state index in [4.69, 9.17) is 4.74 Å². The second kappa shape index (κ2) is 6.91. The molecule has 2 rings (SSSR count). The van der Waals surface area contributed by atoms with Crippen molar-refractivity contribution in [3.05, 3.63) is 63.6 Å². The van der Waals surface area contributed by atoms with Crippen LogP contribution in [-0.2, 0) is 0 Å². The van der Waals surface area contributed by atoms with Crippen molar-refractivity contribution in [3.63, 3.8) is 0 Å². The zero-order valence-electron chi connectivity index (χ0n) is 11.8. The molecule has 1 N–H and O–H groups in total. The quantitative estimate of drug-likeness (QED) is 0.863. The first-order valence-electron chi connectivity index (χ1n) is 6.78. The Balaban J connectivity index is 2.34. The van der Waals surface area contributed by atoms with Crippen molar-refractivity contribution in [2.45, 2.75) is 26.4 Å². The van der Waals surface area contributed by atoms with Crippen LogP contribution < -0.4 is 4.74 Å². The van der Waals surface area contributed by atoms with Gasteiger partial charge in [0.15, 0.2) is 0 Å². The summed E-state index contributed by atoms with van der Waals surface area (Å²) in [6, 6.07) is 13.6. The fourth-order valence-corrected chi connectivity index (χ4v) is 2.78. The van der Waals surface area contributed by atoms with Gasteiger partial charge in [0, 0.05) is 10.0 Å². The Bertz CT molecular complexity index is 561. The predicted octanol–water partition coefficient (Wildman–Crippen LogP) is 4.63. The molecule has 0 saturated carbocycles. The van der Waals surface area contributed by atoms with E-state index in [1.165, 1.54) is 0 Å². The highest BCUT2D eigenvalue weighted by Crippen LogP contribution is 2.31. The molecule has 0 aliphatic rings. The maximum Gasteiger partial charge on any atom is 0.125 e. The molecule has 1 atom stereocenters. The normalized spacial score (nSPS) is 12.2. The molecule has 0 aromatic heterocycles. The van der Waals surface area contributed by atoms with E-state index in [-0.39, 0.29) is 0 Å². The largest absolute Gasteiger partial charge is 0.493 e. The summed E-state index contributed by atoms with van der Waals surface area (Å²) in [6.07, 6.45) is 0.264. The third kappa shape index (κ3) is 3.62. The Morgan fingerprint density at radius 2 is 1.95 bits per heavy atom. The van der Waals surface area contributed by atoms with E-state index in [1.807, 2.05) is 49.4 Å². The SMILES string of the molecule is CCCOc1ccccc1C(O)c1cc(C)cc(Br)c1. The number of para-hydroxylation sites is 1. The maximum absolute atomic E-state index is 10.6. The van der Waals surface area contributed by atoms with Gasteiger partial charge in [-0.3, -0.25) is 0 Å². The molecule has 106 valence electrons. The zero-order valence-corrected chi connectivity index (χ0v) is 13.4. The first-order valence-corrected chi connectivity index (χ1v) is 7.58. The third-order valence-electron chi connectivity index (χ3n) is 3.06. The summed E-state index contributed by atoms with van der Waals surface area (Å²) < 4.78 is 6.69. The van der Waals surface area contributed by atoms with Crippen LogP contribution in [0.5, 0.6) is 5.75 Å². The lowest BCUT2D eigenvalue weighted by Crippen LogP contribution is -2.05. The smallest absolute Gasteiger partial charge is 0.125 e. The molecule has 0 aliphatic heterocycles. The van der Waals surface area contributed by atoms with Crippen LogP contribution in [0.2, 0.25) is 0 Å². The molecule has 0 fully saturated rings. The first-order chi connectivity index (χ1) is 9.61. The molecule has 2 nitrogen and oxygen atoms in total. The minimum atomic E-state index is -0.681. The average molecular weight is 335 g/mol. The van der Waals surface area contributed by atoms with Gasteiger partial charge in [-0.25, -0.2) is 0 Å². The summed E-state index contributed by atoms with van der Waals surface area (Å²) in [5, 5.41) is 10.6. The van der Waals surface area contributed by atoms with Crippen molar-refractivity contribution in [3.8, 4) is 5.75 Å². The van der Waals surface area contributed by atoms with E-state index in [2.05, 4.69) is 22.9 Å². The van der Waals surface area contributed by atoms with Crippen LogP contribution in [0.3, 0.4) is 0 Å². The minimum absolute atomic E-state index is 0.654. The van der Waals surface area contributed by atoms with Crippen LogP contribution in [0.25, 0.3) is 0 Å². The van der Waals surface area contributed by atoms with Crippen molar-refractivity contribution in [1.29, 1.82) is 0 Å². The maximum atomic E-state index is 10.6. The molecule has 0 spiro atoms. The Hall–Kier alpha value is -1.32. The second-order valence-electron chi connectivity index (χ2n) is 4.85. The molecule has 1 unspecified atom stereocenters. The fourth-order valence-electron chi connectivity index (χ4n) is 2.15. The number of aryl methyl sites for hydroxylation is 1. The van der Waals surface area contributed by atoms with E-state index >= 15 is 0 Å².